The van der Waals surface area contributed by atoms with E-state index in [2.05, 4.69) is 10.3 Å². The number of hydrogen-bond donors (Lipinski definition) is 1. The van der Waals surface area contributed by atoms with Crippen molar-refractivity contribution in [3.05, 3.63) is 52.2 Å². The standard InChI is InChI=1S/C20H23N3O6S/c1-30(27,28)17-11-15(10-16(12-17)23(25)26)20(24)22-19-18(8-5-9-21-19)29-13-14-6-3-2-4-7-14/h5,8-12,14H,2-4,6-7,13H2,1H3,(H,21,22,24). The lowest BCUT2D eigenvalue weighted by atomic mass is 9.90. The van der Waals surface area contributed by atoms with Gasteiger partial charge in [0, 0.05) is 30.1 Å². The third-order valence-electron chi connectivity index (χ3n) is 4.99. The highest BCUT2D eigenvalue weighted by atomic mass is 32.2. The van der Waals surface area contributed by atoms with Crippen molar-refractivity contribution < 1.29 is 22.9 Å². The number of aromatic nitrogens is 1. The Bertz CT molecular complexity index is 1050. The Morgan fingerprint density at radius 2 is 2.00 bits per heavy atom. The van der Waals surface area contributed by atoms with Crippen LogP contribution in [0.2, 0.25) is 0 Å². The zero-order valence-corrected chi connectivity index (χ0v) is 17.4. The second kappa shape index (κ2) is 9.21. The van der Waals surface area contributed by atoms with Crippen molar-refractivity contribution >= 4 is 27.2 Å². The minimum atomic E-state index is -3.74. The van der Waals surface area contributed by atoms with Crippen molar-refractivity contribution in [1.29, 1.82) is 0 Å². The molecular formula is C20H23N3O6S. The molecule has 1 aliphatic carbocycles. The summed E-state index contributed by atoms with van der Waals surface area (Å²) >= 11 is 0. The molecule has 1 saturated carbocycles. The Hall–Kier alpha value is -3.01. The van der Waals surface area contributed by atoms with E-state index in [-0.39, 0.29) is 16.3 Å². The van der Waals surface area contributed by atoms with Crippen LogP contribution in [-0.4, -0.2) is 37.1 Å². The van der Waals surface area contributed by atoms with Crippen LogP contribution in [0.15, 0.2) is 41.4 Å². The van der Waals surface area contributed by atoms with Crippen LogP contribution in [0.4, 0.5) is 11.5 Å². The van der Waals surface area contributed by atoms with Crippen molar-refractivity contribution in [1.82, 2.24) is 4.98 Å². The maximum Gasteiger partial charge on any atom is 0.271 e. The number of hydrogen-bond acceptors (Lipinski definition) is 7. The van der Waals surface area contributed by atoms with E-state index in [1.165, 1.54) is 25.5 Å². The predicted molar refractivity (Wildman–Crippen MR) is 110 cm³/mol. The highest BCUT2D eigenvalue weighted by molar-refractivity contribution is 7.90. The average molecular weight is 433 g/mol. The molecule has 1 heterocycles. The molecule has 0 radical (unpaired) electrons. The number of ether oxygens (including phenoxy) is 1. The Labute approximate surface area is 174 Å². The minimum absolute atomic E-state index is 0.159. The summed E-state index contributed by atoms with van der Waals surface area (Å²) < 4.78 is 29.6. The first kappa shape index (κ1) is 21.7. The molecule has 0 bridgehead atoms. The van der Waals surface area contributed by atoms with E-state index in [0.29, 0.717) is 18.3 Å². The number of nitrogens with one attached hydrogen (secondary N) is 1. The second-order valence-electron chi connectivity index (χ2n) is 7.36. The first-order valence-corrected chi connectivity index (χ1v) is 11.5. The minimum Gasteiger partial charge on any atom is -0.489 e. The number of pyridine rings is 1. The number of nitro benzene ring substituents is 1. The molecule has 0 saturated heterocycles. The van der Waals surface area contributed by atoms with E-state index < -0.39 is 26.4 Å². The van der Waals surface area contributed by atoms with E-state index >= 15 is 0 Å². The molecule has 1 aromatic carbocycles. The third kappa shape index (κ3) is 5.53. The Morgan fingerprint density at radius 1 is 1.27 bits per heavy atom. The fourth-order valence-corrected chi connectivity index (χ4v) is 4.05. The zero-order chi connectivity index (χ0) is 21.7. The summed E-state index contributed by atoms with van der Waals surface area (Å²) in [6, 6.07) is 6.41. The van der Waals surface area contributed by atoms with E-state index in [1.54, 1.807) is 12.1 Å². The van der Waals surface area contributed by atoms with Crippen molar-refractivity contribution in [2.45, 2.75) is 37.0 Å². The molecule has 0 atom stereocenters. The largest absolute Gasteiger partial charge is 0.489 e. The number of carbonyl (C=O) groups excluding carboxylic acids is 1. The molecular weight excluding hydrogens is 410 g/mol. The summed E-state index contributed by atoms with van der Waals surface area (Å²) in [5.74, 6) is 0.303. The van der Waals surface area contributed by atoms with Gasteiger partial charge in [0.15, 0.2) is 21.4 Å². The molecule has 1 aromatic heterocycles. The van der Waals surface area contributed by atoms with Gasteiger partial charge in [0.05, 0.1) is 16.4 Å². The summed E-state index contributed by atoms with van der Waals surface area (Å²) in [5.41, 5.74) is -0.647. The fraction of sp³-hybridized carbons (Fsp3) is 0.400. The topological polar surface area (TPSA) is 128 Å². The van der Waals surface area contributed by atoms with Crippen LogP contribution in [0.25, 0.3) is 0 Å². The van der Waals surface area contributed by atoms with Gasteiger partial charge in [-0.15, -0.1) is 0 Å². The molecule has 1 N–H and O–H groups in total. The van der Waals surface area contributed by atoms with Crippen LogP contribution in [0, 0.1) is 16.0 Å². The van der Waals surface area contributed by atoms with Crippen molar-refractivity contribution in [3.63, 3.8) is 0 Å². The summed E-state index contributed by atoms with van der Waals surface area (Å²) in [7, 11) is -3.74. The van der Waals surface area contributed by atoms with Crippen LogP contribution in [0.3, 0.4) is 0 Å². The molecule has 0 spiro atoms. The number of nitrogens with zero attached hydrogens (tertiary/aromatic N) is 2. The van der Waals surface area contributed by atoms with E-state index in [9.17, 15) is 23.3 Å². The smallest absolute Gasteiger partial charge is 0.271 e. The molecule has 2 aromatic rings. The third-order valence-corrected chi connectivity index (χ3v) is 6.09. The van der Waals surface area contributed by atoms with Gasteiger partial charge in [0.1, 0.15) is 0 Å². The molecule has 3 rings (SSSR count). The fourth-order valence-electron chi connectivity index (χ4n) is 3.38. The SMILES string of the molecule is CS(=O)(=O)c1cc(C(=O)Nc2ncccc2OCC2CCCCC2)cc([N+](=O)[O-])c1. The van der Waals surface area contributed by atoms with Crippen LogP contribution < -0.4 is 10.1 Å². The quantitative estimate of drug-likeness (QED) is 0.522. The number of carbonyl (C=O) groups is 1. The van der Waals surface area contributed by atoms with Gasteiger partial charge in [-0.05, 0) is 37.0 Å². The van der Waals surface area contributed by atoms with Gasteiger partial charge in [-0.3, -0.25) is 14.9 Å². The lowest BCUT2D eigenvalue weighted by Crippen LogP contribution is -2.18. The number of anilines is 1. The van der Waals surface area contributed by atoms with E-state index in [0.717, 1.165) is 37.3 Å². The molecule has 30 heavy (non-hydrogen) atoms. The van der Waals surface area contributed by atoms with Gasteiger partial charge in [-0.25, -0.2) is 13.4 Å². The highest BCUT2D eigenvalue weighted by Crippen LogP contribution is 2.28. The summed E-state index contributed by atoms with van der Waals surface area (Å²) in [6.45, 7) is 0.517. The van der Waals surface area contributed by atoms with Gasteiger partial charge in [0.2, 0.25) is 0 Å². The number of amides is 1. The lowest BCUT2D eigenvalue weighted by Gasteiger charge is -2.22. The van der Waals surface area contributed by atoms with Crippen LogP contribution >= 0.6 is 0 Å². The second-order valence-corrected chi connectivity index (χ2v) is 9.38. The maximum absolute atomic E-state index is 12.7. The lowest BCUT2D eigenvalue weighted by molar-refractivity contribution is -0.385. The molecule has 1 aliphatic rings. The Morgan fingerprint density at radius 3 is 2.67 bits per heavy atom. The number of benzene rings is 1. The normalized spacial score (nSPS) is 14.8. The van der Waals surface area contributed by atoms with Gasteiger partial charge >= 0.3 is 0 Å². The van der Waals surface area contributed by atoms with Gasteiger partial charge in [0.25, 0.3) is 11.6 Å². The first-order valence-electron chi connectivity index (χ1n) is 9.63. The number of non-ortho nitro benzene ring substituents is 1. The molecule has 0 aliphatic heterocycles. The highest BCUT2D eigenvalue weighted by Gasteiger charge is 2.21. The van der Waals surface area contributed by atoms with Crippen molar-refractivity contribution in [3.8, 4) is 5.75 Å². The molecule has 1 amide bonds. The van der Waals surface area contributed by atoms with E-state index in [4.69, 9.17) is 4.74 Å². The Balaban J connectivity index is 1.80. The van der Waals surface area contributed by atoms with Crippen LogP contribution in [-0.2, 0) is 9.84 Å². The monoisotopic (exact) mass is 433 g/mol. The number of nitro groups is 1. The van der Waals surface area contributed by atoms with Crippen molar-refractivity contribution in [2.24, 2.45) is 5.92 Å². The summed E-state index contributed by atoms with van der Waals surface area (Å²) in [4.78, 5) is 26.9. The first-order chi connectivity index (χ1) is 14.2. The average Bonchev–Trinajstić information content (AvgIpc) is 2.73. The molecule has 9 nitrogen and oxygen atoms in total. The zero-order valence-electron chi connectivity index (χ0n) is 16.5. The van der Waals surface area contributed by atoms with Crippen molar-refractivity contribution in [2.75, 3.05) is 18.2 Å². The molecule has 0 unspecified atom stereocenters. The Kier molecular flexibility index (Phi) is 6.66. The van der Waals surface area contributed by atoms with Gasteiger partial charge < -0.3 is 10.1 Å². The van der Waals surface area contributed by atoms with E-state index in [1.807, 2.05) is 0 Å². The molecule has 1 fully saturated rings. The van der Waals surface area contributed by atoms with Crippen LogP contribution in [0.1, 0.15) is 42.5 Å². The maximum atomic E-state index is 12.7. The number of rotatable bonds is 7. The predicted octanol–water partition coefficient (Wildman–Crippen LogP) is 3.60. The summed E-state index contributed by atoms with van der Waals surface area (Å²) in [6.07, 6.45) is 8.21. The summed E-state index contributed by atoms with van der Waals surface area (Å²) in [5, 5.41) is 13.7. The van der Waals surface area contributed by atoms with Crippen LogP contribution in [0.5, 0.6) is 5.75 Å². The van der Waals surface area contributed by atoms with Gasteiger partial charge in [-0.2, -0.15) is 0 Å². The molecule has 160 valence electrons. The van der Waals surface area contributed by atoms with Gasteiger partial charge in [-0.1, -0.05) is 19.3 Å². The number of sulfone groups is 1. The molecule has 10 heteroatoms.